The zero-order valence-electron chi connectivity index (χ0n) is 8.51. The number of phenols is 1. The van der Waals surface area contributed by atoms with Gasteiger partial charge in [-0.3, -0.25) is 0 Å². The molecule has 1 aromatic carbocycles. The van der Waals surface area contributed by atoms with Gasteiger partial charge in [-0.1, -0.05) is 0 Å². The van der Waals surface area contributed by atoms with Gasteiger partial charge in [-0.25, -0.2) is 13.2 Å². The van der Waals surface area contributed by atoms with E-state index in [0.29, 0.717) is 0 Å². The lowest BCUT2D eigenvalue weighted by Gasteiger charge is -2.47. The molecule has 2 nitrogen and oxygen atoms in total. The average Bonchev–Trinajstić information content (AvgIpc) is 2.17. The molecule has 88 valence electrons. The van der Waals surface area contributed by atoms with Gasteiger partial charge >= 0.3 is 0 Å². The van der Waals surface area contributed by atoms with Crippen LogP contribution in [-0.2, 0) is 5.41 Å². The van der Waals surface area contributed by atoms with E-state index in [-0.39, 0.29) is 17.9 Å². The molecule has 0 spiro atoms. The Hall–Kier alpha value is -1.23. The molecule has 16 heavy (non-hydrogen) atoms. The van der Waals surface area contributed by atoms with Crippen LogP contribution in [0.5, 0.6) is 5.75 Å². The fourth-order valence-corrected chi connectivity index (χ4v) is 2.32. The van der Waals surface area contributed by atoms with Gasteiger partial charge in [0.05, 0.1) is 0 Å². The number of phenolic OH excluding ortho intramolecular Hbond substituents is 1. The third kappa shape index (κ3) is 1.65. The number of halogens is 3. The van der Waals surface area contributed by atoms with Crippen molar-refractivity contribution < 1.29 is 18.3 Å². The number of nitrogens with two attached hydrogens (primary N) is 1. The van der Waals surface area contributed by atoms with Crippen molar-refractivity contribution in [1.82, 2.24) is 0 Å². The Labute approximate surface area is 90.9 Å². The van der Waals surface area contributed by atoms with Gasteiger partial charge in [0.25, 0.3) is 0 Å². The summed E-state index contributed by atoms with van der Waals surface area (Å²) in [6.45, 7) is -0.0282. The molecule has 1 aliphatic rings. The Morgan fingerprint density at radius 2 is 1.94 bits per heavy atom. The maximum atomic E-state index is 13.0. The standard InChI is InChI=1S/C11H12F3NO/c12-7-1-2-9(16)8(3-7)10(6-15)4-11(13,14)5-10/h1-3,16H,4-6,15H2. The molecule has 5 heteroatoms. The molecule has 0 heterocycles. The van der Waals surface area contributed by atoms with Gasteiger partial charge in [-0.2, -0.15) is 0 Å². The molecular weight excluding hydrogens is 219 g/mol. The molecular formula is C11H12F3NO. The maximum Gasteiger partial charge on any atom is 0.250 e. The van der Waals surface area contributed by atoms with Crippen molar-refractivity contribution in [2.24, 2.45) is 5.73 Å². The molecule has 0 amide bonds. The van der Waals surface area contributed by atoms with Crippen LogP contribution < -0.4 is 5.73 Å². The summed E-state index contributed by atoms with van der Waals surface area (Å²) in [5.74, 6) is -3.50. The molecule has 1 aromatic rings. The summed E-state index contributed by atoms with van der Waals surface area (Å²) in [7, 11) is 0. The van der Waals surface area contributed by atoms with Crippen LogP contribution in [0.15, 0.2) is 18.2 Å². The highest BCUT2D eigenvalue weighted by atomic mass is 19.3. The number of alkyl halides is 2. The molecule has 2 rings (SSSR count). The second kappa shape index (κ2) is 3.38. The smallest absolute Gasteiger partial charge is 0.250 e. The highest BCUT2D eigenvalue weighted by molar-refractivity contribution is 5.42. The maximum absolute atomic E-state index is 13.0. The minimum Gasteiger partial charge on any atom is -0.508 e. The van der Waals surface area contributed by atoms with E-state index in [1.807, 2.05) is 0 Å². The van der Waals surface area contributed by atoms with Crippen LogP contribution in [-0.4, -0.2) is 17.6 Å². The molecule has 0 bridgehead atoms. The SMILES string of the molecule is NCC1(c2cc(F)ccc2O)CC(F)(F)C1. The summed E-state index contributed by atoms with van der Waals surface area (Å²) in [6.07, 6.45) is -0.874. The van der Waals surface area contributed by atoms with Crippen LogP contribution in [0.2, 0.25) is 0 Å². The van der Waals surface area contributed by atoms with Crippen LogP contribution >= 0.6 is 0 Å². The van der Waals surface area contributed by atoms with E-state index < -0.39 is 30.0 Å². The molecule has 3 N–H and O–H groups in total. The minimum atomic E-state index is -2.77. The van der Waals surface area contributed by atoms with E-state index in [2.05, 4.69) is 0 Å². The van der Waals surface area contributed by atoms with Crippen LogP contribution in [0.25, 0.3) is 0 Å². The first-order valence-corrected chi connectivity index (χ1v) is 4.95. The number of benzene rings is 1. The first-order valence-electron chi connectivity index (χ1n) is 4.95. The van der Waals surface area contributed by atoms with Crippen molar-refractivity contribution >= 4 is 0 Å². The molecule has 0 saturated heterocycles. The Bertz CT molecular complexity index is 412. The topological polar surface area (TPSA) is 46.2 Å². The van der Waals surface area contributed by atoms with Crippen LogP contribution in [0.3, 0.4) is 0 Å². The minimum absolute atomic E-state index is 0.0282. The number of aromatic hydroxyl groups is 1. The van der Waals surface area contributed by atoms with E-state index in [9.17, 15) is 18.3 Å². The average molecular weight is 231 g/mol. The van der Waals surface area contributed by atoms with Crippen molar-refractivity contribution in [1.29, 1.82) is 0 Å². The lowest BCUT2D eigenvalue weighted by molar-refractivity contribution is -0.124. The van der Waals surface area contributed by atoms with Gasteiger partial charge in [0.15, 0.2) is 0 Å². The summed E-state index contributed by atoms with van der Waals surface area (Å²) in [4.78, 5) is 0. The molecule has 0 atom stereocenters. The fourth-order valence-electron chi connectivity index (χ4n) is 2.32. The molecule has 1 fully saturated rings. The van der Waals surface area contributed by atoms with Crippen LogP contribution in [0, 0.1) is 5.82 Å². The fraction of sp³-hybridized carbons (Fsp3) is 0.455. The highest BCUT2D eigenvalue weighted by Gasteiger charge is 2.57. The number of hydrogen-bond donors (Lipinski definition) is 2. The van der Waals surface area contributed by atoms with Crippen LogP contribution in [0.4, 0.5) is 13.2 Å². The summed E-state index contributed by atoms with van der Waals surface area (Å²) < 4.78 is 38.8. The van der Waals surface area contributed by atoms with Gasteiger partial charge in [-0.05, 0) is 18.2 Å². The Morgan fingerprint density at radius 3 is 2.44 bits per heavy atom. The second-order valence-corrected chi connectivity index (χ2v) is 4.36. The van der Waals surface area contributed by atoms with E-state index in [1.54, 1.807) is 0 Å². The van der Waals surface area contributed by atoms with E-state index in [4.69, 9.17) is 5.73 Å². The lowest BCUT2D eigenvalue weighted by Crippen LogP contribution is -2.53. The van der Waals surface area contributed by atoms with Crippen molar-refractivity contribution in [3.63, 3.8) is 0 Å². The summed E-state index contributed by atoms with van der Waals surface area (Å²) >= 11 is 0. The summed E-state index contributed by atoms with van der Waals surface area (Å²) in [5, 5.41) is 9.57. The molecule has 0 aliphatic heterocycles. The predicted octanol–water partition coefficient (Wildman–Crippen LogP) is 2.16. The zero-order valence-corrected chi connectivity index (χ0v) is 8.51. The van der Waals surface area contributed by atoms with Gasteiger partial charge in [0.2, 0.25) is 5.92 Å². The third-order valence-electron chi connectivity index (χ3n) is 3.11. The first kappa shape index (κ1) is 11.3. The zero-order chi connectivity index (χ0) is 12.0. The Morgan fingerprint density at radius 1 is 1.31 bits per heavy atom. The molecule has 0 radical (unpaired) electrons. The largest absolute Gasteiger partial charge is 0.508 e. The lowest BCUT2D eigenvalue weighted by atomic mass is 9.62. The summed E-state index contributed by atoms with van der Waals surface area (Å²) in [6, 6.07) is 3.33. The van der Waals surface area contributed by atoms with Gasteiger partial charge in [0.1, 0.15) is 11.6 Å². The van der Waals surface area contributed by atoms with Crippen molar-refractivity contribution in [3.05, 3.63) is 29.6 Å². The van der Waals surface area contributed by atoms with Gasteiger partial charge in [-0.15, -0.1) is 0 Å². The molecule has 1 aliphatic carbocycles. The van der Waals surface area contributed by atoms with E-state index >= 15 is 0 Å². The third-order valence-corrected chi connectivity index (χ3v) is 3.11. The normalized spacial score (nSPS) is 21.5. The van der Waals surface area contributed by atoms with Crippen LogP contribution in [0.1, 0.15) is 18.4 Å². The molecule has 1 saturated carbocycles. The van der Waals surface area contributed by atoms with Gasteiger partial charge in [0, 0.05) is 30.4 Å². The van der Waals surface area contributed by atoms with Crippen molar-refractivity contribution in [2.45, 2.75) is 24.2 Å². The summed E-state index contributed by atoms with van der Waals surface area (Å²) in [5.41, 5.74) is 4.67. The highest BCUT2D eigenvalue weighted by Crippen LogP contribution is 2.54. The Kier molecular flexibility index (Phi) is 2.38. The predicted molar refractivity (Wildman–Crippen MR) is 53.0 cm³/mol. The van der Waals surface area contributed by atoms with Gasteiger partial charge < -0.3 is 10.8 Å². The first-order chi connectivity index (χ1) is 7.38. The van der Waals surface area contributed by atoms with Crippen molar-refractivity contribution in [2.75, 3.05) is 6.54 Å². The van der Waals surface area contributed by atoms with E-state index in [1.165, 1.54) is 6.07 Å². The monoisotopic (exact) mass is 231 g/mol. The van der Waals surface area contributed by atoms with Crippen molar-refractivity contribution in [3.8, 4) is 5.75 Å². The number of hydrogen-bond acceptors (Lipinski definition) is 2. The number of rotatable bonds is 2. The molecule has 0 aromatic heterocycles. The second-order valence-electron chi connectivity index (χ2n) is 4.36. The quantitative estimate of drug-likeness (QED) is 0.819. The Balaban J connectivity index is 2.39. The molecule has 0 unspecified atom stereocenters. The van der Waals surface area contributed by atoms with E-state index in [0.717, 1.165) is 12.1 Å².